The smallest absolute Gasteiger partial charge is 0.405 e. The lowest BCUT2D eigenvalue weighted by atomic mass is 9.85. The molecule has 0 unspecified atom stereocenters. The second kappa shape index (κ2) is 6.66. The normalized spacial score (nSPS) is 18.5. The van der Waals surface area contributed by atoms with E-state index >= 15 is 0 Å². The van der Waals surface area contributed by atoms with Crippen LogP contribution in [-0.4, -0.2) is 23.6 Å². The number of alkyl halides is 3. The van der Waals surface area contributed by atoms with E-state index in [0.717, 1.165) is 32.1 Å². The van der Waals surface area contributed by atoms with E-state index in [4.69, 9.17) is 0 Å². The molecule has 2 rings (SSSR count). The molecule has 0 radical (unpaired) electrons. The summed E-state index contributed by atoms with van der Waals surface area (Å²) in [5, 5.41) is 13.4. The van der Waals surface area contributed by atoms with Gasteiger partial charge < -0.3 is 15.2 Å². The van der Waals surface area contributed by atoms with Crippen molar-refractivity contribution in [2.24, 2.45) is 0 Å². The van der Waals surface area contributed by atoms with E-state index in [1.165, 1.54) is 12.1 Å². The van der Waals surface area contributed by atoms with Gasteiger partial charge in [0.2, 0.25) is 0 Å². The molecular formula is C15H20F3NO2. The fourth-order valence-corrected chi connectivity index (χ4v) is 2.69. The molecule has 0 saturated heterocycles. The predicted molar refractivity (Wildman–Crippen MR) is 72.9 cm³/mol. The van der Waals surface area contributed by atoms with Crippen molar-refractivity contribution in [2.75, 3.05) is 6.54 Å². The van der Waals surface area contributed by atoms with Crippen molar-refractivity contribution in [1.29, 1.82) is 0 Å². The molecule has 1 aliphatic carbocycles. The lowest BCUT2D eigenvalue weighted by molar-refractivity contribution is -0.274. The van der Waals surface area contributed by atoms with Gasteiger partial charge in [0.15, 0.2) is 0 Å². The van der Waals surface area contributed by atoms with Gasteiger partial charge in [0, 0.05) is 18.7 Å². The minimum absolute atomic E-state index is 0.201. The minimum atomic E-state index is -4.70. The topological polar surface area (TPSA) is 41.5 Å². The van der Waals surface area contributed by atoms with Crippen molar-refractivity contribution in [2.45, 2.75) is 50.6 Å². The van der Waals surface area contributed by atoms with Crippen LogP contribution in [0.3, 0.4) is 0 Å². The fraction of sp³-hybridized carbons (Fsp3) is 0.600. The monoisotopic (exact) mass is 303 g/mol. The molecule has 6 heteroatoms. The third-order valence-electron chi connectivity index (χ3n) is 3.75. The first-order valence-corrected chi connectivity index (χ1v) is 7.15. The van der Waals surface area contributed by atoms with Crippen LogP contribution < -0.4 is 10.1 Å². The molecule has 1 aliphatic rings. The third-order valence-corrected chi connectivity index (χ3v) is 3.75. The maximum absolute atomic E-state index is 12.3. The van der Waals surface area contributed by atoms with E-state index in [1.54, 1.807) is 12.1 Å². The number of para-hydroxylation sites is 1. The molecule has 0 spiro atoms. The number of hydrogen-bond donors (Lipinski definition) is 2. The molecule has 2 N–H and O–H groups in total. The Morgan fingerprint density at radius 1 is 1.14 bits per heavy atom. The first kappa shape index (κ1) is 16.1. The van der Waals surface area contributed by atoms with E-state index < -0.39 is 12.0 Å². The lowest BCUT2D eigenvalue weighted by Crippen LogP contribution is -2.41. The molecule has 0 aliphatic heterocycles. The number of rotatable bonds is 5. The largest absolute Gasteiger partial charge is 0.573 e. The molecule has 0 heterocycles. The molecular weight excluding hydrogens is 283 g/mol. The summed E-state index contributed by atoms with van der Waals surface area (Å²) < 4.78 is 40.9. The van der Waals surface area contributed by atoms with Crippen molar-refractivity contribution < 1.29 is 23.0 Å². The number of nitrogens with one attached hydrogen (secondary N) is 1. The zero-order chi connectivity index (χ0) is 15.3. The molecule has 0 amide bonds. The quantitative estimate of drug-likeness (QED) is 0.876. The van der Waals surface area contributed by atoms with Crippen molar-refractivity contribution in [3.63, 3.8) is 0 Å². The number of hydrogen-bond acceptors (Lipinski definition) is 3. The summed E-state index contributed by atoms with van der Waals surface area (Å²) in [6, 6.07) is 6.04. The summed E-state index contributed by atoms with van der Waals surface area (Å²) in [6.07, 6.45) is -0.110. The predicted octanol–water partition coefficient (Wildman–Crippen LogP) is 3.37. The van der Waals surface area contributed by atoms with E-state index in [2.05, 4.69) is 10.1 Å². The van der Waals surface area contributed by atoms with Gasteiger partial charge in [-0.15, -0.1) is 13.2 Å². The first-order chi connectivity index (χ1) is 9.88. The van der Waals surface area contributed by atoms with Crippen molar-refractivity contribution in [3.05, 3.63) is 29.8 Å². The molecule has 3 nitrogen and oxygen atoms in total. The van der Waals surface area contributed by atoms with Gasteiger partial charge in [-0.1, -0.05) is 37.5 Å². The summed E-state index contributed by atoms with van der Waals surface area (Å²) in [6.45, 7) is 0.613. The number of benzene rings is 1. The zero-order valence-electron chi connectivity index (χ0n) is 11.7. The summed E-state index contributed by atoms with van der Waals surface area (Å²) in [5.74, 6) is -0.201. The van der Waals surface area contributed by atoms with Gasteiger partial charge in [-0.3, -0.25) is 0 Å². The van der Waals surface area contributed by atoms with Gasteiger partial charge in [-0.05, 0) is 18.9 Å². The van der Waals surface area contributed by atoms with Gasteiger partial charge >= 0.3 is 6.36 Å². The Labute approximate surface area is 122 Å². The van der Waals surface area contributed by atoms with E-state index in [1.807, 2.05) is 0 Å². The van der Waals surface area contributed by atoms with Crippen LogP contribution in [0, 0.1) is 0 Å². The Kier molecular flexibility index (Phi) is 5.11. The Bertz CT molecular complexity index is 456. The van der Waals surface area contributed by atoms with Gasteiger partial charge in [-0.2, -0.15) is 0 Å². The van der Waals surface area contributed by atoms with E-state index in [0.29, 0.717) is 12.1 Å². The minimum Gasteiger partial charge on any atom is -0.405 e. The van der Waals surface area contributed by atoms with E-state index in [9.17, 15) is 18.3 Å². The van der Waals surface area contributed by atoms with Crippen LogP contribution in [-0.2, 0) is 6.54 Å². The number of aliphatic hydroxyl groups is 1. The molecule has 0 aromatic heterocycles. The Morgan fingerprint density at radius 3 is 2.48 bits per heavy atom. The first-order valence-electron chi connectivity index (χ1n) is 7.15. The molecule has 21 heavy (non-hydrogen) atoms. The number of halogens is 3. The Balaban J connectivity index is 1.91. The van der Waals surface area contributed by atoms with E-state index in [-0.39, 0.29) is 12.3 Å². The second-order valence-corrected chi connectivity index (χ2v) is 5.54. The van der Waals surface area contributed by atoms with Crippen molar-refractivity contribution in [3.8, 4) is 5.75 Å². The molecule has 0 bridgehead atoms. The van der Waals surface area contributed by atoms with Crippen LogP contribution >= 0.6 is 0 Å². The van der Waals surface area contributed by atoms with Crippen LogP contribution in [0.2, 0.25) is 0 Å². The fourth-order valence-electron chi connectivity index (χ4n) is 2.69. The van der Waals surface area contributed by atoms with Crippen LogP contribution in [0.25, 0.3) is 0 Å². The van der Waals surface area contributed by atoms with Crippen LogP contribution in [0.1, 0.15) is 37.7 Å². The third kappa shape index (κ3) is 5.21. The highest BCUT2D eigenvalue weighted by atomic mass is 19.4. The number of ether oxygens (including phenoxy) is 1. The highest BCUT2D eigenvalue weighted by Crippen LogP contribution is 2.28. The van der Waals surface area contributed by atoms with Crippen molar-refractivity contribution >= 4 is 0 Å². The average Bonchev–Trinajstić information content (AvgIpc) is 2.40. The van der Waals surface area contributed by atoms with Crippen molar-refractivity contribution in [1.82, 2.24) is 5.32 Å². The molecule has 1 aromatic carbocycles. The standard InChI is InChI=1S/C15H20F3NO2/c16-15(17,18)21-13-7-3-2-6-12(13)10-19-11-14(20)8-4-1-5-9-14/h2-3,6-7,19-20H,1,4-5,8-11H2. The summed E-state index contributed by atoms with van der Waals surface area (Å²) >= 11 is 0. The van der Waals surface area contributed by atoms with Crippen LogP contribution in [0.15, 0.2) is 24.3 Å². The molecule has 1 aromatic rings. The summed E-state index contributed by atoms with van der Waals surface area (Å²) in [4.78, 5) is 0. The average molecular weight is 303 g/mol. The Hall–Kier alpha value is -1.27. The molecule has 118 valence electrons. The highest BCUT2D eigenvalue weighted by Gasteiger charge is 2.32. The van der Waals surface area contributed by atoms with Crippen LogP contribution in [0.4, 0.5) is 13.2 Å². The maximum Gasteiger partial charge on any atom is 0.573 e. The maximum atomic E-state index is 12.3. The zero-order valence-corrected chi connectivity index (χ0v) is 11.7. The van der Waals surface area contributed by atoms with Gasteiger partial charge in [0.05, 0.1) is 5.60 Å². The van der Waals surface area contributed by atoms with Gasteiger partial charge in [-0.25, -0.2) is 0 Å². The SMILES string of the molecule is OC1(CNCc2ccccc2OC(F)(F)F)CCCCC1. The molecule has 0 atom stereocenters. The second-order valence-electron chi connectivity index (χ2n) is 5.54. The Morgan fingerprint density at radius 2 is 1.81 bits per heavy atom. The summed E-state index contributed by atoms with van der Waals surface area (Å²) in [5.41, 5.74) is -0.313. The van der Waals surface area contributed by atoms with Crippen LogP contribution in [0.5, 0.6) is 5.75 Å². The molecule has 1 saturated carbocycles. The van der Waals surface area contributed by atoms with Gasteiger partial charge in [0.1, 0.15) is 5.75 Å². The lowest BCUT2D eigenvalue weighted by Gasteiger charge is -2.32. The highest BCUT2D eigenvalue weighted by molar-refractivity contribution is 5.33. The van der Waals surface area contributed by atoms with Gasteiger partial charge in [0.25, 0.3) is 0 Å². The summed E-state index contributed by atoms with van der Waals surface area (Å²) in [7, 11) is 0. The molecule has 1 fully saturated rings.